The predicted octanol–water partition coefficient (Wildman–Crippen LogP) is 2.22. The van der Waals surface area contributed by atoms with Gasteiger partial charge >= 0.3 is 11.6 Å². The van der Waals surface area contributed by atoms with Gasteiger partial charge in [-0.15, -0.1) is 0 Å². The Bertz CT molecular complexity index is 1140. The molecule has 1 atom stereocenters. The van der Waals surface area contributed by atoms with Crippen LogP contribution in [-0.4, -0.2) is 30.0 Å². The lowest BCUT2D eigenvalue weighted by Gasteiger charge is -2.16. The van der Waals surface area contributed by atoms with E-state index in [1.165, 1.54) is 31.4 Å². The molecule has 29 heavy (non-hydrogen) atoms. The van der Waals surface area contributed by atoms with E-state index < -0.39 is 28.5 Å². The zero-order chi connectivity index (χ0) is 21.0. The molecule has 148 valence electrons. The summed E-state index contributed by atoms with van der Waals surface area (Å²) < 4.78 is 9.81. The summed E-state index contributed by atoms with van der Waals surface area (Å²) in [5.74, 6) is -1.53. The van der Waals surface area contributed by atoms with Gasteiger partial charge in [-0.2, -0.15) is 0 Å². The highest BCUT2D eigenvalue weighted by Crippen LogP contribution is 2.20. The van der Waals surface area contributed by atoms with Crippen LogP contribution in [0.15, 0.2) is 63.8 Å². The number of nitrogens with zero attached hydrogens (tertiary/aromatic N) is 1. The lowest BCUT2D eigenvalue weighted by molar-refractivity contribution is -0.384. The Labute approximate surface area is 164 Å². The molecule has 1 aromatic heterocycles. The molecule has 0 bridgehead atoms. The van der Waals surface area contributed by atoms with Crippen molar-refractivity contribution >= 4 is 28.5 Å². The molecular formula is C20H16N2O7. The molecule has 0 saturated carbocycles. The van der Waals surface area contributed by atoms with E-state index in [9.17, 15) is 24.5 Å². The minimum absolute atomic E-state index is 0.103. The highest BCUT2D eigenvalue weighted by Gasteiger charge is 2.24. The molecule has 3 aromatic rings. The van der Waals surface area contributed by atoms with Gasteiger partial charge in [0.05, 0.1) is 12.0 Å². The summed E-state index contributed by atoms with van der Waals surface area (Å²) in [7, 11) is 1.19. The summed E-state index contributed by atoms with van der Waals surface area (Å²) in [6.45, 7) is 0. The van der Waals surface area contributed by atoms with Crippen LogP contribution in [0.25, 0.3) is 11.0 Å². The second kappa shape index (κ2) is 8.34. The van der Waals surface area contributed by atoms with Crippen LogP contribution < -0.4 is 10.9 Å². The maximum absolute atomic E-state index is 12.6. The van der Waals surface area contributed by atoms with Gasteiger partial charge in [0.1, 0.15) is 17.2 Å². The molecule has 0 aliphatic heterocycles. The fourth-order valence-corrected chi connectivity index (χ4v) is 2.80. The van der Waals surface area contributed by atoms with Crippen LogP contribution in [0.2, 0.25) is 0 Å². The zero-order valence-electron chi connectivity index (χ0n) is 15.3. The van der Waals surface area contributed by atoms with E-state index in [0.717, 1.165) is 5.56 Å². The number of nitro benzene ring substituents is 1. The Morgan fingerprint density at radius 1 is 1.17 bits per heavy atom. The number of carbonyl (C=O) groups excluding carboxylic acids is 2. The highest BCUT2D eigenvalue weighted by molar-refractivity contribution is 5.98. The number of esters is 1. The van der Waals surface area contributed by atoms with E-state index in [1.54, 1.807) is 24.3 Å². The van der Waals surface area contributed by atoms with E-state index in [4.69, 9.17) is 9.15 Å². The largest absolute Gasteiger partial charge is 0.467 e. The van der Waals surface area contributed by atoms with Gasteiger partial charge in [0.25, 0.3) is 11.6 Å². The van der Waals surface area contributed by atoms with Crippen molar-refractivity contribution in [2.75, 3.05) is 7.11 Å². The van der Waals surface area contributed by atoms with Crippen LogP contribution in [-0.2, 0) is 16.0 Å². The number of benzene rings is 2. The van der Waals surface area contributed by atoms with Gasteiger partial charge in [0.15, 0.2) is 0 Å². The first kappa shape index (κ1) is 19.7. The summed E-state index contributed by atoms with van der Waals surface area (Å²) in [6, 6.07) is 12.8. The molecular weight excluding hydrogens is 380 g/mol. The fourth-order valence-electron chi connectivity index (χ4n) is 2.80. The summed E-state index contributed by atoms with van der Waals surface area (Å²) in [4.78, 5) is 47.3. The van der Waals surface area contributed by atoms with Crippen LogP contribution in [0.1, 0.15) is 15.9 Å². The summed E-state index contributed by atoms with van der Waals surface area (Å²) in [5, 5.41) is 13.6. The average molecular weight is 396 g/mol. The molecule has 1 amide bonds. The predicted molar refractivity (Wildman–Crippen MR) is 103 cm³/mol. The Hall–Kier alpha value is -4.01. The molecule has 1 N–H and O–H groups in total. The van der Waals surface area contributed by atoms with Crippen LogP contribution in [0, 0.1) is 10.1 Å². The van der Waals surface area contributed by atoms with E-state index in [-0.39, 0.29) is 28.6 Å². The fraction of sp³-hybridized carbons (Fsp3) is 0.150. The molecule has 0 radical (unpaired) electrons. The monoisotopic (exact) mass is 396 g/mol. The molecule has 0 saturated heterocycles. The number of amides is 1. The smallest absolute Gasteiger partial charge is 0.349 e. The van der Waals surface area contributed by atoms with Crippen LogP contribution in [0.5, 0.6) is 0 Å². The van der Waals surface area contributed by atoms with E-state index in [2.05, 4.69) is 5.32 Å². The number of methoxy groups -OCH3 is 1. The molecule has 0 aliphatic rings. The maximum atomic E-state index is 12.6. The number of ether oxygens (including phenoxy) is 1. The van der Waals surface area contributed by atoms with Gasteiger partial charge in [-0.1, -0.05) is 30.3 Å². The highest BCUT2D eigenvalue weighted by atomic mass is 16.6. The van der Waals surface area contributed by atoms with Crippen molar-refractivity contribution in [2.45, 2.75) is 12.5 Å². The van der Waals surface area contributed by atoms with Crippen LogP contribution in [0.3, 0.4) is 0 Å². The molecule has 9 nitrogen and oxygen atoms in total. The summed E-state index contributed by atoms with van der Waals surface area (Å²) in [6.07, 6.45) is 0.156. The molecule has 0 aliphatic carbocycles. The number of nitro groups is 1. The first-order valence-electron chi connectivity index (χ1n) is 8.54. The Morgan fingerprint density at radius 3 is 2.55 bits per heavy atom. The van der Waals surface area contributed by atoms with Crippen molar-refractivity contribution < 1.29 is 23.7 Å². The van der Waals surface area contributed by atoms with Gasteiger partial charge in [-0.3, -0.25) is 14.9 Å². The Balaban J connectivity index is 1.91. The molecule has 9 heteroatoms. The third-order valence-corrected chi connectivity index (χ3v) is 4.24. The van der Waals surface area contributed by atoms with Crippen molar-refractivity contribution in [3.8, 4) is 0 Å². The third-order valence-electron chi connectivity index (χ3n) is 4.24. The Kier molecular flexibility index (Phi) is 5.68. The minimum atomic E-state index is -1.03. The van der Waals surface area contributed by atoms with Gasteiger partial charge in [0.2, 0.25) is 0 Å². The molecule has 3 rings (SSSR count). The van der Waals surface area contributed by atoms with Crippen LogP contribution >= 0.6 is 0 Å². The van der Waals surface area contributed by atoms with Crippen molar-refractivity contribution in [1.29, 1.82) is 0 Å². The van der Waals surface area contributed by atoms with E-state index >= 15 is 0 Å². The Morgan fingerprint density at radius 2 is 1.90 bits per heavy atom. The number of nitrogens with one attached hydrogen (secondary N) is 1. The number of fused-ring (bicyclic) bond motifs is 1. The number of carbonyl (C=O) groups is 2. The SMILES string of the molecule is COC(=O)[C@H](Cc1ccccc1)NC(=O)c1cc2cc([N+](=O)[O-])ccc2oc1=O. The zero-order valence-corrected chi connectivity index (χ0v) is 15.3. The normalized spacial score (nSPS) is 11.6. The molecule has 2 aromatic carbocycles. The first-order chi connectivity index (χ1) is 13.9. The van der Waals surface area contributed by atoms with Crippen molar-refractivity contribution in [2.24, 2.45) is 0 Å². The summed E-state index contributed by atoms with van der Waals surface area (Å²) >= 11 is 0. The molecule has 0 fully saturated rings. The number of rotatable bonds is 6. The van der Waals surface area contributed by atoms with Crippen molar-refractivity contribution in [3.63, 3.8) is 0 Å². The number of hydrogen-bond acceptors (Lipinski definition) is 7. The van der Waals surface area contributed by atoms with Gasteiger partial charge in [-0.25, -0.2) is 9.59 Å². The number of non-ortho nitro benzene ring substituents is 1. The first-order valence-corrected chi connectivity index (χ1v) is 8.54. The van der Waals surface area contributed by atoms with Crippen molar-refractivity contribution in [1.82, 2.24) is 5.32 Å². The van der Waals surface area contributed by atoms with Gasteiger partial charge in [0, 0.05) is 23.9 Å². The minimum Gasteiger partial charge on any atom is -0.467 e. The second-order valence-electron chi connectivity index (χ2n) is 6.17. The van der Waals surface area contributed by atoms with E-state index in [1.807, 2.05) is 6.07 Å². The quantitative estimate of drug-likeness (QED) is 0.293. The molecule has 0 spiro atoms. The second-order valence-corrected chi connectivity index (χ2v) is 6.17. The lowest BCUT2D eigenvalue weighted by atomic mass is 10.1. The standard InChI is InChI=1S/C20H16N2O7/c1-28-20(25)16(9-12-5-3-2-4-6-12)21-18(23)15-11-13-10-14(22(26)27)7-8-17(13)29-19(15)24/h2-8,10-11,16H,9H2,1H3,(H,21,23)/t16-/m0/s1. The topological polar surface area (TPSA) is 129 Å². The third kappa shape index (κ3) is 4.46. The van der Waals surface area contributed by atoms with Crippen molar-refractivity contribution in [3.05, 3.63) is 86.3 Å². The van der Waals surface area contributed by atoms with Crippen LogP contribution in [0.4, 0.5) is 5.69 Å². The van der Waals surface area contributed by atoms with E-state index in [0.29, 0.717) is 0 Å². The van der Waals surface area contributed by atoms with Gasteiger partial charge < -0.3 is 14.5 Å². The summed E-state index contributed by atoms with van der Waals surface area (Å²) in [5.41, 5.74) is -0.628. The number of hydrogen-bond donors (Lipinski definition) is 1. The molecule has 0 unspecified atom stereocenters. The van der Waals surface area contributed by atoms with Gasteiger partial charge in [-0.05, 0) is 17.7 Å². The maximum Gasteiger partial charge on any atom is 0.349 e. The average Bonchev–Trinajstić information content (AvgIpc) is 2.72. The lowest BCUT2D eigenvalue weighted by Crippen LogP contribution is -2.44. The molecule has 1 heterocycles.